The molecule has 0 bridgehead atoms. The van der Waals surface area contributed by atoms with Gasteiger partial charge in [-0.2, -0.15) is 0 Å². The third-order valence-electron chi connectivity index (χ3n) is 6.06. The van der Waals surface area contributed by atoms with E-state index in [1.54, 1.807) is 0 Å². The largest absolute Gasteiger partial charge is 0.508 e. The maximum Gasteiger partial charge on any atom is 0.371 e. The lowest BCUT2D eigenvalue weighted by Gasteiger charge is -2.41. The van der Waals surface area contributed by atoms with Gasteiger partial charge in [-0.05, 0) is 24.3 Å². The molecular weight excluding hydrogens is 480 g/mol. The Morgan fingerprint density at radius 2 is 1.72 bits per heavy atom. The SMILES string of the molecule is O=C(O)C1=CC2=C3C(=CC(O)=CC3OC(c3ccc(O)cc3)=C2O[C@H]2O[C@@H](CO)[C@H](O)[C@@H](O)[C@@H]2O)O1. The average molecular weight is 502 g/mol. The number of aliphatic hydroxyl groups excluding tert-OH is 5. The van der Waals surface area contributed by atoms with Gasteiger partial charge in [0.2, 0.25) is 12.0 Å². The molecule has 1 unspecified atom stereocenters. The van der Waals surface area contributed by atoms with E-state index in [-0.39, 0.29) is 34.4 Å². The van der Waals surface area contributed by atoms with Crippen LogP contribution in [0, 0.1) is 0 Å². The first kappa shape index (κ1) is 23.9. The van der Waals surface area contributed by atoms with Crippen molar-refractivity contribution < 1.29 is 59.5 Å². The van der Waals surface area contributed by atoms with E-state index >= 15 is 0 Å². The van der Waals surface area contributed by atoms with Crippen LogP contribution >= 0.6 is 0 Å². The summed E-state index contributed by atoms with van der Waals surface area (Å²) in [5.74, 6) is -2.25. The number of aliphatic hydroxyl groups is 5. The first-order valence-electron chi connectivity index (χ1n) is 10.9. The van der Waals surface area contributed by atoms with Crippen molar-refractivity contribution in [1.29, 1.82) is 0 Å². The van der Waals surface area contributed by atoms with Crippen molar-refractivity contribution >= 4 is 11.7 Å². The van der Waals surface area contributed by atoms with Crippen LogP contribution < -0.4 is 0 Å². The fourth-order valence-electron chi connectivity index (χ4n) is 4.26. The molecule has 12 nitrogen and oxygen atoms in total. The van der Waals surface area contributed by atoms with E-state index in [1.165, 1.54) is 42.5 Å². The van der Waals surface area contributed by atoms with E-state index in [1.807, 2.05) is 0 Å². The number of aromatic hydroxyl groups is 1. The molecular formula is C24H22O12. The number of phenolic OH excluding ortho intramolecular Hbond substituents is 1. The van der Waals surface area contributed by atoms with Crippen molar-refractivity contribution in [3.05, 3.63) is 82.2 Å². The van der Waals surface area contributed by atoms with Crippen LogP contribution in [0.25, 0.3) is 5.76 Å². The zero-order valence-electron chi connectivity index (χ0n) is 18.4. The minimum absolute atomic E-state index is 0.00504. The zero-order valence-corrected chi connectivity index (χ0v) is 18.4. The third kappa shape index (κ3) is 4.00. The normalized spacial score (nSPS) is 31.4. The molecule has 5 rings (SSSR count). The van der Waals surface area contributed by atoms with Crippen molar-refractivity contribution in [2.24, 2.45) is 0 Å². The Morgan fingerprint density at radius 1 is 1.00 bits per heavy atom. The Balaban J connectivity index is 1.67. The van der Waals surface area contributed by atoms with Crippen LogP contribution in [0.2, 0.25) is 0 Å². The van der Waals surface area contributed by atoms with Crippen LogP contribution in [0.4, 0.5) is 0 Å². The fraction of sp³-hybridized carbons (Fsp3) is 0.292. The van der Waals surface area contributed by atoms with Crippen LogP contribution in [0.1, 0.15) is 5.56 Å². The molecule has 6 atom stereocenters. The molecule has 0 amide bonds. The molecule has 190 valence electrons. The third-order valence-corrected chi connectivity index (χ3v) is 6.06. The summed E-state index contributed by atoms with van der Waals surface area (Å²) in [7, 11) is 0. The van der Waals surface area contributed by atoms with Gasteiger partial charge in [-0.25, -0.2) is 4.79 Å². The van der Waals surface area contributed by atoms with Gasteiger partial charge in [0.05, 0.1) is 12.2 Å². The van der Waals surface area contributed by atoms with E-state index in [0.29, 0.717) is 11.1 Å². The number of carboxylic acid groups (broad SMARTS) is 1. The van der Waals surface area contributed by atoms with Gasteiger partial charge in [-0.15, -0.1) is 0 Å². The summed E-state index contributed by atoms with van der Waals surface area (Å²) in [4.78, 5) is 11.8. The number of carboxylic acids is 1. The minimum Gasteiger partial charge on any atom is -0.508 e. The van der Waals surface area contributed by atoms with E-state index in [0.717, 1.165) is 0 Å². The minimum atomic E-state index is -1.76. The number of allylic oxidation sites excluding steroid dienone is 2. The highest BCUT2D eigenvalue weighted by Crippen LogP contribution is 2.46. The van der Waals surface area contributed by atoms with Crippen molar-refractivity contribution in [2.45, 2.75) is 36.8 Å². The molecule has 1 fully saturated rings. The summed E-state index contributed by atoms with van der Waals surface area (Å²) in [5.41, 5.74) is 0.865. The molecule has 7 N–H and O–H groups in total. The highest BCUT2D eigenvalue weighted by Gasteiger charge is 2.47. The average Bonchev–Trinajstić information content (AvgIpc) is 2.85. The summed E-state index contributed by atoms with van der Waals surface area (Å²) >= 11 is 0. The van der Waals surface area contributed by atoms with Crippen molar-refractivity contribution in [2.75, 3.05) is 6.61 Å². The van der Waals surface area contributed by atoms with Gasteiger partial charge in [0, 0.05) is 29.4 Å². The maximum absolute atomic E-state index is 11.8. The molecule has 0 radical (unpaired) electrons. The molecule has 3 aliphatic heterocycles. The quantitative estimate of drug-likeness (QED) is 0.283. The Kier molecular flexibility index (Phi) is 5.98. The molecule has 1 aliphatic carbocycles. The molecule has 0 spiro atoms. The summed E-state index contributed by atoms with van der Waals surface area (Å²) in [6.45, 7) is -0.685. The Morgan fingerprint density at radius 3 is 2.39 bits per heavy atom. The fourth-order valence-corrected chi connectivity index (χ4v) is 4.26. The second-order valence-corrected chi connectivity index (χ2v) is 8.40. The van der Waals surface area contributed by atoms with Crippen molar-refractivity contribution in [3.8, 4) is 5.75 Å². The second-order valence-electron chi connectivity index (χ2n) is 8.40. The number of ether oxygens (including phenoxy) is 4. The summed E-state index contributed by atoms with van der Waals surface area (Å²) in [6, 6.07) is 5.75. The molecule has 4 aliphatic rings. The first-order valence-corrected chi connectivity index (χ1v) is 10.9. The van der Waals surface area contributed by atoms with Gasteiger partial charge >= 0.3 is 5.97 Å². The van der Waals surface area contributed by atoms with E-state index in [2.05, 4.69) is 0 Å². The van der Waals surface area contributed by atoms with E-state index < -0.39 is 55.1 Å². The number of aliphatic carboxylic acids is 1. The molecule has 0 aromatic heterocycles. The Bertz CT molecular complexity index is 1240. The van der Waals surface area contributed by atoms with Gasteiger partial charge in [-0.3, -0.25) is 0 Å². The lowest BCUT2D eigenvalue weighted by molar-refractivity contribution is -0.290. The molecule has 3 heterocycles. The van der Waals surface area contributed by atoms with E-state index in [9.17, 15) is 40.5 Å². The summed E-state index contributed by atoms with van der Waals surface area (Å²) < 4.78 is 23.0. The topological polar surface area (TPSA) is 196 Å². The summed E-state index contributed by atoms with van der Waals surface area (Å²) in [6.07, 6.45) is -5.13. The number of rotatable bonds is 5. The zero-order chi connectivity index (χ0) is 25.7. The molecule has 1 aromatic rings. The van der Waals surface area contributed by atoms with Gasteiger partial charge in [0.25, 0.3) is 0 Å². The molecule has 1 saturated heterocycles. The number of benzene rings is 1. The first-order chi connectivity index (χ1) is 17.2. The van der Waals surface area contributed by atoms with Gasteiger partial charge < -0.3 is 54.7 Å². The highest BCUT2D eigenvalue weighted by atomic mass is 16.7. The summed E-state index contributed by atoms with van der Waals surface area (Å²) in [5, 5.41) is 69.9. The standard InChI is InChI=1S/C24H22O12/c25-8-16-18(28)19(29)20(30)24(35-16)36-22-12-7-15(23(31)32)33-13-5-11(27)6-14(17(12)13)34-21(22)9-1-3-10(26)4-2-9/h1-7,14,16,18-20,24-30H,8H2,(H,31,32)/t14?,16-,18-,19+,20-,24+/m0/s1. The van der Waals surface area contributed by atoms with Crippen LogP contribution in [0.5, 0.6) is 5.75 Å². The van der Waals surface area contributed by atoms with Crippen molar-refractivity contribution in [1.82, 2.24) is 0 Å². The molecule has 12 heteroatoms. The van der Waals surface area contributed by atoms with Gasteiger partial charge in [-0.1, -0.05) is 0 Å². The molecule has 1 aromatic carbocycles. The number of hydrogen-bond acceptors (Lipinski definition) is 11. The molecule has 0 saturated carbocycles. The monoisotopic (exact) mass is 502 g/mol. The van der Waals surface area contributed by atoms with Crippen LogP contribution in [0.3, 0.4) is 0 Å². The predicted octanol–water partition coefficient (Wildman–Crippen LogP) is -0.0892. The van der Waals surface area contributed by atoms with Crippen molar-refractivity contribution in [3.63, 3.8) is 0 Å². The molecule has 36 heavy (non-hydrogen) atoms. The second kappa shape index (κ2) is 9.00. The number of phenols is 1. The lowest BCUT2D eigenvalue weighted by atomic mass is 9.89. The predicted molar refractivity (Wildman–Crippen MR) is 117 cm³/mol. The lowest BCUT2D eigenvalue weighted by Crippen LogP contribution is -2.59. The Labute approximate surface area is 203 Å². The van der Waals surface area contributed by atoms with Crippen LogP contribution in [-0.2, 0) is 23.7 Å². The van der Waals surface area contributed by atoms with Gasteiger partial charge in [0.15, 0.2) is 17.6 Å². The Hall–Kier alpha value is -3.81. The van der Waals surface area contributed by atoms with Crippen LogP contribution in [0.15, 0.2) is 76.7 Å². The number of hydrogen-bond donors (Lipinski definition) is 7. The maximum atomic E-state index is 11.8. The smallest absolute Gasteiger partial charge is 0.371 e. The highest BCUT2D eigenvalue weighted by molar-refractivity contribution is 5.87. The number of carbonyl (C=O) groups is 1. The van der Waals surface area contributed by atoms with E-state index in [4.69, 9.17) is 18.9 Å². The van der Waals surface area contributed by atoms with Crippen LogP contribution in [-0.4, -0.2) is 85.1 Å². The van der Waals surface area contributed by atoms with Gasteiger partial charge in [0.1, 0.15) is 41.7 Å².